The lowest BCUT2D eigenvalue weighted by atomic mass is 9.79. The summed E-state index contributed by atoms with van der Waals surface area (Å²) in [7, 11) is -1.71. The van der Waals surface area contributed by atoms with Crippen molar-refractivity contribution in [1.29, 1.82) is 0 Å². The number of hydrogen-bond donors (Lipinski definition) is 0. The van der Waals surface area contributed by atoms with Crippen LogP contribution in [0.15, 0.2) is 162 Å². The Hall–Kier alpha value is -4.36. The van der Waals surface area contributed by atoms with Gasteiger partial charge in [0.1, 0.15) is 8.80 Å². The van der Waals surface area contributed by atoms with Gasteiger partial charge in [-0.1, -0.05) is 137 Å². The van der Waals surface area contributed by atoms with E-state index in [-0.39, 0.29) is 0 Å². The molecular formula is C47H41NSSi2. The second-order valence-corrected chi connectivity index (χ2v) is 21.2. The Kier molecular flexibility index (Phi) is 7.03. The zero-order chi connectivity index (χ0) is 33.6. The molecule has 4 aliphatic carbocycles. The maximum absolute atomic E-state index is 2.56. The van der Waals surface area contributed by atoms with Crippen molar-refractivity contribution in [3.8, 4) is 22.3 Å². The molecule has 4 aromatic carbocycles. The molecule has 11 rings (SSSR count). The lowest BCUT2D eigenvalue weighted by molar-refractivity contribution is 0.634. The molecule has 3 heterocycles. The molecule has 0 radical (unpaired) electrons. The summed E-state index contributed by atoms with van der Waals surface area (Å²) < 4.78 is 0. The molecule has 4 aromatic rings. The molecule has 0 saturated heterocycles. The summed E-state index contributed by atoms with van der Waals surface area (Å²) in [4.78, 5) is 4.14. The predicted molar refractivity (Wildman–Crippen MR) is 225 cm³/mol. The standard InChI is InChI=1S/C47H41NSSi2/c1-51-44-24-21-35(28-40(44)46-45(51)25-22-38-36-10-4-6-12-41(36)49-47(38)46)48(34-20-23-43-39(27-34)37-11-5-7-13-42(37)50-43)33-18-16-30(17-19-33)32-15-14-29-8-2-3-9-31(29)26-32/h2-3,5-9,11-16,18-31,36,41,51H,4,10,17,50H2,1H3. The fourth-order valence-corrected chi connectivity index (χ4v) is 16.1. The van der Waals surface area contributed by atoms with E-state index >= 15 is 0 Å². The number of fused-ring (bicyclic) bond motifs is 11. The minimum Gasteiger partial charge on any atom is -0.311 e. The van der Waals surface area contributed by atoms with Gasteiger partial charge in [-0.2, -0.15) is 0 Å². The van der Waals surface area contributed by atoms with Crippen LogP contribution >= 0.6 is 11.8 Å². The number of benzene rings is 4. The van der Waals surface area contributed by atoms with Gasteiger partial charge >= 0.3 is 0 Å². The van der Waals surface area contributed by atoms with Gasteiger partial charge in [-0.05, 0) is 88.2 Å². The second kappa shape index (κ2) is 11.8. The van der Waals surface area contributed by atoms with Crippen molar-refractivity contribution < 1.29 is 0 Å². The maximum Gasteiger partial charge on any atom is 0.101 e. The van der Waals surface area contributed by atoms with Crippen molar-refractivity contribution in [2.45, 2.75) is 41.9 Å². The van der Waals surface area contributed by atoms with Gasteiger partial charge in [0.2, 0.25) is 0 Å². The van der Waals surface area contributed by atoms with Crippen LogP contribution in [-0.2, 0) is 0 Å². The van der Waals surface area contributed by atoms with Gasteiger partial charge in [0.05, 0.1) is 9.52 Å². The van der Waals surface area contributed by atoms with E-state index in [4.69, 9.17) is 0 Å². The molecule has 0 N–H and O–H groups in total. The van der Waals surface area contributed by atoms with E-state index in [1.54, 1.807) is 36.8 Å². The van der Waals surface area contributed by atoms with Gasteiger partial charge in [0, 0.05) is 50.9 Å². The molecular weight excluding hydrogens is 667 g/mol. The Morgan fingerprint density at radius 2 is 1.59 bits per heavy atom. The highest BCUT2D eigenvalue weighted by molar-refractivity contribution is 8.00. The molecule has 51 heavy (non-hydrogen) atoms. The molecule has 0 bridgehead atoms. The first-order chi connectivity index (χ1) is 25.2. The van der Waals surface area contributed by atoms with Crippen molar-refractivity contribution >= 4 is 62.2 Å². The van der Waals surface area contributed by atoms with Crippen molar-refractivity contribution in [3.63, 3.8) is 0 Å². The Labute approximate surface area is 310 Å². The van der Waals surface area contributed by atoms with Crippen LogP contribution in [0.5, 0.6) is 0 Å². The fraction of sp³-hybridized carbons (Fsp3) is 0.191. The normalized spacial score (nSPS) is 27.2. The minimum absolute atomic E-state index is 0.404. The largest absolute Gasteiger partial charge is 0.311 e. The highest BCUT2D eigenvalue weighted by Crippen LogP contribution is 2.53. The fourth-order valence-electron chi connectivity index (χ4n) is 9.98. The molecule has 248 valence electrons. The number of thioether (sulfide) groups is 1. The van der Waals surface area contributed by atoms with Crippen molar-refractivity contribution in [2.24, 2.45) is 17.8 Å². The molecule has 6 atom stereocenters. The van der Waals surface area contributed by atoms with Crippen molar-refractivity contribution in [3.05, 3.63) is 163 Å². The zero-order valence-corrected chi connectivity index (χ0v) is 32.4. The molecule has 3 aliphatic heterocycles. The average molecular weight is 708 g/mol. The van der Waals surface area contributed by atoms with Crippen LogP contribution in [-0.4, -0.2) is 23.6 Å². The van der Waals surface area contributed by atoms with Gasteiger partial charge in [-0.25, -0.2) is 0 Å². The SMILES string of the molecule is C[SiH]1c2ccc(N(C3=CCC(C4=CC5C=CC=CC5C=C4)C=C3)c3ccc4c(c3)-c3ccccc3[SiH2]4)cc2-c2c1ccc1c2SC2C=CCCC12. The molecule has 0 aromatic heterocycles. The lowest BCUT2D eigenvalue weighted by Gasteiger charge is -2.31. The highest BCUT2D eigenvalue weighted by atomic mass is 32.2. The third-order valence-electron chi connectivity index (χ3n) is 12.7. The maximum atomic E-state index is 2.56. The first-order valence-corrected chi connectivity index (χ1v) is 23.6. The monoisotopic (exact) mass is 707 g/mol. The Bertz CT molecular complexity index is 2370. The number of nitrogens with zero attached hydrogens (tertiary/aromatic N) is 1. The topological polar surface area (TPSA) is 3.24 Å². The van der Waals surface area contributed by atoms with Crippen molar-refractivity contribution in [1.82, 2.24) is 0 Å². The van der Waals surface area contributed by atoms with E-state index in [0.29, 0.717) is 28.9 Å². The molecule has 7 aliphatic rings. The summed E-state index contributed by atoms with van der Waals surface area (Å²) in [5.41, 5.74) is 12.8. The summed E-state index contributed by atoms with van der Waals surface area (Å²) in [5.74, 6) is 2.04. The molecule has 1 nitrogen and oxygen atoms in total. The molecule has 6 unspecified atom stereocenters. The van der Waals surface area contributed by atoms with Gasteiger partial charge in [-0.3, -0.25) is 0 Å². The smallest absolute Gasteiger partial charge is 0.101 e. The van der Waals surface area contributed by atoms with Gasteiger partial charge in [-0.15, -0.1) is 11.8 Å². The highest BCUT2D eigenvalue weighted by Gasteiger charge is 2.39. The second-order valence-electron chi connectivity index (χ2n) is 15.4. The molecule has 0 saturated carbocycles. The van der Waals surface area contributed by atoms with E-state index in [1.807, 2.05) is 0 Å². The quantitative estimate of drug-likeness (QED) is 0.137. The molecule has 0 spiro atoms. The predicted octanol–water partition coefficient (Wildman–Crippen LogP) is 8.10. The van der Waals surface area contributed by atoms with E-state index in [0.717, 1.165) is 6.42 Å². The summed E-state index contributed by atoms with van der Waals surface area (Å²) in [6.45, 7) is 2.55. The zero-order valence-electron chi connectivity index (χ0n) is 29.0. The average Bonchev–Trinajstić information content (AvgIpc) is 3.84. The van der Waals surface area contributed by atoms with Crippen LogP contribution < -0.4 is 25.6 Å². The molecule has 4 heteroatoms. The van der Waals surface area contributed by atoms with Gasteiger partial charge < -0.3 is 4.90 Å². The Morgan fingerprint density at radius 1 is 0.765 bits per heavy atom. The summed E-state index contributed by atoms with van der Waals surface area (Å²) in [6.07, 6.45) is 32.1. The third kappa shape index (κ3) is 4.80. The number of rotatable bonds is 4. The van der Waals surface area contributed by atoms with Gasteiger partial charge in [0.15, 0.2) is 0 Å². The number of allylic oxidation sites excluding steroid dienone is 12. The number of anilines is 2. The summed E-state index contributed by atoms with van der Waals surface area (Å²) in [6, 6.07) is 29.0. The van der Waals surface area contributed by atoms with Crippen molar-refractivity contribution in [2.75, 3.05) is 4.90 Å². The first kappa shape index (κ1) is 30.3. The summed E-state index contributed by atoms with van der Waals surface area (Å²) >= 11 is 2.14. The van der Waals surface area contributed by atoms with E-state index < -0.39 is 18.3 Å². The molecule has 0 amide bonds. The van der Waals surface area contributed by atoms with Crippen LogP contribution in [0.4, 0.5) is 11.4 Å². The van der Waals surface area contributed by atoms with E-state index in [1.165, 1.54) is 52.2 Å². The van der Waals surface area contributed by atoms with Crippen LogP contribution in [0, 0.1) is 17.8 Å². The third-order valence-corrected chi connectivity index (χ3v) is 18.9. The Morgan fingerprint density at radius 3 is 2.49 bits per heavy atom. The Balaban J connectivity index is 1.01. The lowest BCUT2D eigenvalue weighted by Crippen LogP contribution is -2.34. The van der Waals surface area contributed by atoms with E-state index in [2.05, 4.69) is 169 Å². The molecule has 0 fully saturated rings. The van der Waals surface area contributed by atoms with Crippen LogP contribution in [0.1, 0.15) is 30.7 Å². The summed E-state index contributed by atoms with van der Waals surface area (Å²) in [5, 5.41) is 6.98. The van der Waals surface area contributed by atoms with E-state index in [9.17, 15) is 0 Å². The van der Waals surface area contributed by atoms with Crippen LogP contribution in [0.25, 0.3) is 22.3 Å². The van der Waals surface area contributed by atoms with Crippen LogP contribution in [0.2, 0.25) is 6.55 Å². The van der Waals surface area contributed by atoms with Crippen LogP contribution in [0.3, 0.4) is 0 Å². The minimum atomic E-state index is -1.26. The van der Waals surface area contributed by atoms with Gasteiger partial charge in [0.25, 0.3) is 0 Å². The first-order valence-electron chi connectivity index (χ1n) is 19.0. The number of hydrogen-bond acceptors (Lipinski definition) is 2.